The summed E-state index contributed by atoms with van der Waals surface area (Å²) in [6, 6.07) is 15.0. The summed E-state index contributed by atoms with van der Waals surface area (Å²) in [4.78, 5) is 12.1. The minimum atomic E-state index is -0.360. The summed E-state index contributed by atoms with van der Waals surface area (Å²) in [6.45, 7) is 4.10. The molecule has 0 bridgehead atoms. The van der Waals surface area contributed by atoms with Gasteiger partial charge < -0.3 is 0 Å². The molecule has 1 amide bonds. The van der Waals surface area contributed by atoms with Crippen molar-refractivity contribution in [3.8, 4) is 11.3 Å². The van der Waals surface area contributed by atoms with Crippen molar-refractivity contribution in [2.45, 2.75) is 13.8 Å². The van der Waals surface area contributed by atoms with Crippen LogP contribution in [0.25, 0.3) is 11.3 Å². The number of amides is 1. The van der Waals surface area contributed by atoms with Gasteiger partial charge >= 0.3 is 0 Å². The van der Waals surface area contributed by atoms with Crippen molar-refractivity contribution in [1.82, 2.24) is 15.6 Å². The Bertz CT molecular complexity index is 946. The standard InChI is InChI=1S/C19H17ClN4O/c1-12-6-7-15(8-13(12)2)17-10-18(23-22-17)19(25)24-21-11-14-4-3-5-16(20)9-14/h3-11H,1-2H3,(H,22,23)(H,24,25)/b21-11-. The largest absolute Gasteiger partial charge is 0.289 e. The molecular weight excluding hydrogens is 336 g/mol. The number of aryl methyl sites for hydroxylation is 2. The van der Waals surface area contributed by atoms with Gasteiger partial charge in [0, 0.05) is 10.6 Å². The lowest BCUT2D eigenvalue weighted by Gasteiger charge is -2.01. The fourth-order valence-electron chi connectivity index (χ4n) is 2.30. The average molecular weight is 353 g/mol. The molecule has 5 nitrogen and oxygen atoms in total. The van der Waals surface area contributed by atoms with Crippen LogP contribution in [0.4, 0.5) is 0 Å². The maximum Gasteiger partial charge on any atom is 0.289 e. The van der Waals surface area contributed by atoms with Crippen molar-refractivity contribution in [3.05, 3.63) is 75.9 Å². The average Bonchev–Trinajstić information content (AvgIpc) is 3.07. The molecule has 2 aromatic carbocycles. The Kier molecular flexibility index (Phi) is 4.95. The van der Waals surface area contributed by atoms with Gasteiger partial charge in [0.15, 0.2) is 0 Å². The van der Waals surface area contributed by atoms with Gasteiger partial charge in [0.25, 0.3) is 5.91 Å². The molecule has 6 heteroatoms. The number of nitrogens with one attached hydrogen (secondary N) is 2. The van der Waals surface area contributed by atoms with E-state index < -0.39 is 0 Å². The van der Waals surface area contributed by atoms with Crippen LogP contribution >= 0.6 is 11.6 Å². The van der Waals surface area contributed by atoms with Gasteiger partial charge in [0.2, 0.25) is 0 Å². The van der Waals surface area contributed by atoms with Crippen LogP contribution in [0.5, 0.6) is 0 Å². The van der Waals surface area contributed by atoms with Crippen molar-refractivity contribution >= 4 is 23.7 Å². The van der Waals surface area contributed by atoms with Gasteiger partial charge in [-0.1, -0.05) is 35.9 Å². The molecule has 25 heavy (non-hydrogen) atoms. The van der Waals surface area contributed by atoms with Gasteiger partial charge in [-0.2, -0.15) is 10.2 Å². The molecule has 3 rings (SSSR count). The lowest BCUT2D eigenvalue weighted by Crippen LogP contribution is -2.17. The lowest BCUT2D eigenvalue weighted by molar-refractivity contribution is 0.0950. The zero-order chi connectivity index (χ0) is 17.8. The Morgan fingerprint density at radius 3 is 2.76 bits per heavy atom. The number of hydrazone groups is 1. The number of hydrogen-bond donors (Lipinski definition) is 2. The van der Waals surface area contributed by atoms with E-state index in [1.807, 2.05) is 37.3 Å². The summed E-state index contributed by atoms with van der Waals surface area (Å²) in [6.07, 6.45) is 1.53. The first-order valence-corrected chi connectivity index (χ1v) is 8.13. The molecule has 0 radical (unpaired) electrons. The van der Waals surface area contributed by atoms with Gasteiger partial charge in [0.05, 0.1) is 11.9 Å². The lowest BCUT2D eigenvalue weighted by atomic mass is 10.0. The Hall–Kier alpha value is -2.92. The Balaban J connectivity index is 1.69. The first-order chi connectivity index (χ1) is 12.0. The van der Waals surface area contributed by atoms with E-state index >= 15 is 0 Å². The Labute approximate surface area is 150 Å². The third kappa shape index (κ3) is 4.14. The summed E-state index contributed by atoms with van der Waals surface area (Å²) >= 11 is 5.90. The van der Waals surface area contributed by atoms with Crippen LogP contribution < -0.4 is 5.43 Å². The van der Waals surface area contributed by atoms with Crippen LogP contribution in [0.1, 0.15) is 27.2 Å². The van der Waals surface area contributed by atoms with Gasteiger partial charge in [-0.3, -0.25) is 9.89 Å². The van der Waals surface area contributed by atoms with Gasteiger partial charge in [-0.15, -0.1) is 0 Å². The fourth-order valence-corrected chi connectivity index (χ4v) is 2.50. The minimum Gasteiger partial charge on any atom is -0.272 e. The highest BCUT2D eigenvalue weighted by atomic mass is 35.5. The smallest absolute Gasteiger partial charge is 0.272 e. The quantitative estimate of drug-likeness (QED) is 0.548. The van der Waals surface area contributed by atoms with Crippen LogP contribution in [-0.2, 0) is 0 Å². The number of aromatic nitrogens is 2. The third-order valence-corrected chi connectivity index (χ3v) is 4.09. The summed E-state index contributed by atoms with van der Waals surface area (Å²) in [7, 11) is 0. The minimum absolute atomic E-state index is 0.344. The predicted octanol–water partition coefficient (Wildman–Crippen LogP) is 4.11. The summed E-state index contributed by atoms with van der Waals surface area (Å²) in [5, 5.41) is 11.5. The number of carbonyl (C=O) groups is 1. The molecular formula is C19H17ClN4O. The molecule has 0 saturated heterocycles. The van der Waals surface area contributed by atoms with E-state index in [1.54, 1.807) is 18.2 Å². The molecule has 126 valence electrons. The topological polar surface area (TPSA) is 70.1 Å². The Morgan fingerprint density at radius 1 is 1.16 bits per heavy atom. The van der Waals surface area contributed by atoms with Crippen LogP contribution in [0, 0.1) is 13.8 Å². The maximum absolute atomic E-state index is 12.1. The number of carbonyl (C=O) groups excluding carboxylic acids is 1. The Morgan fingerprint density at radius 2 is 2.00 bits per heavy atom. The third-order valence-electron chi connectivity index (χ3n) is 3.85. The van der Waals surface area contributed by atoms with Crippen molar-refractivity contribution in [1.29, 1.82) is 0 Å². The molecule has 0 saturated carbocycles. The molecule has 1 heterocycles. The normalized spacial score (nSPS) is 11.0. The highest BCUT2D eigenvalue weighted by molar-refractivity contribution is 6.30. The van der Waals surface area contributed by atoms with E-state index in [9.17, 15) is 4.79 Å². The van der Waals surface area contributed by atoms with E-state index in [4.69, 9.17) is 11.6 Å². The summed E-state index contributed by atoms with van der Waals surface area (Å²) in [5.41, 5.74) is 7.68. The van der Waals surface area contributed by atoms with Crippen LogP contribution in [-0.4, -0.2) is 22.3 Å². The summed E-state index contributed by atoms with van der Waals surface area (Å²) < 4.78 is 0. The second kappa shape index (κ2) is 7.32. The van der Waals surface area contributed by atoms with E-state index in [1.165, 1.54) is 17.3 Å². The second-order valence-corrected chi connectivity index (χ2v) is 6.16. The monoisotopic (exact) mass is 352 g/mol. The number of hydrogen-bond acceptors (Lipinski definition) is 3. The molecule has 0 atom stereocenters. The number of aromatic amines is 1. The molecule has 1 aromatic heterocycles. The zero-order valence-electron chi connectivity index (χ0n) is 13.9. The number of halogens is 1. The number of nitrogens with zero attached hydrogens (tertiary/aromatic N) is 2. The molecule has 0 spiro atoms. The zero-order valence-corrected chi connectivity index (χ0v) is 14.6. The highest BCUT2D eigenvalue weighted by Gasteiger charge is 2.10. The first kappa shape index (κ1) is 16.9. The number of rotatable bonds is 4. The maximum atomic E-state index is 12.1. The van der Waals surface area contributed by atoms with Crippen LogP contribution in [0.3, 0.4) is 0 Å². The van der Waals surface area contributed by atoms with Crippen molar-refractivity contribution in [2.24, 2.45) is 5.10 Å². The van der Waals surface area contributed by atoms with Gasteiger partial charge in [-0.25, -0.2) is 5.43 Å². The van der Waals surface area contributed by atoms with Crippen LogP contribution in [0.15, 0.2) is 53.6 Å². The predicted molar refractivity (Wildman–Crippen MR) is 100 cm³/mol. The van der Waals surface area contributed by atoms with Crippen LogP contribution in [0.2, 0.25) is 5.02 Å². The molecule has 0 aliphatic heterocycles. The second-order valence-electron chi connectivity index (χ2n) is 5.72. The highest BCUT2D eigenvalue weighted by Crippen LogP contribution is 2.20. The molecule has 0 unspecified atom stereocenters. The summed E-state index contributed by atoms with van der Waals surface area (Å²) in [5.74, 6) is -0.360. The van der Waals surface area contributed by atoms with Crippen molar-refractivity contribution in [2.75, 3.05) is 0 Å². The molecule has 0 fully saturated rings. The van der Waals surface area contributed by atoms with E-state index in [0.717, 1.165) is 11.1 Å². The van der Waals surface area contributed by atoms with E-state index in [2.05, 4.69) is 27.6 Å². The molecule has 2 N–H and O–H groups in total. The molecule has 0 aliphatic rings. The number of benzene rings is 2. The SMILES string of the molecule is Cc1ccc(-c2cc(C(=O)N/N=C\c3cccc(Cl)c3)[nH]n2)cc1C. The van der Waals surface area contributed by atoms with Crippen molar-refractivity contribution in [3.63, 3.8) is 0 Å². The number of H-pyrrole nitrogens is 1. The molecule has 0 aliphatic carbocycles. The van der Waals surface area contributed by atoms with Crippen molar-refractivity contribution < 1.29 is 4.79 Å². The fraction of sp³-hybridized carbons (Fsp3) is 0.105. The van der Waals surface area contributed by atoms with Gasteiger partial charge in [0.1, 0.15) is 5.69 Å². The molecule has 3 aromatic rings. The van der Waals surface area contributed by atoms with Gasteiger partial charge in [-0.05, 0) is 54.8 Å². The van der Waals surface area contributed by atoms with E-state index in [-0.39, 0.29) is 5.91 Å². The first-order valence-electron chi connectivity index (χ1n) is 7.75. The van der Waals surface area contributed by atoms with E-state index in [0.29, 0.717) is 16.4 Å².